The fourth-order valence-corrected chi connectivity index (χ4v) is 6.46. The van der Waals surface area contributed by atoms with Gasteiger partial charge in [-0.25, -0.2) is 4.79 Å². The average Bonchev–Trinajstić information content (AvgIpc) is 3.53. The largest absolute Gasteiger partial charge is 0.434 e. The molecule has 212 valence electrons. The number of hydrogen-bond acceptors (Lipinski definition) is 5. The molecule has 4 aliphatic rings. The number of amides is 1. The van der Waals surface area contributed by atoms with Gasteiger partial charge in [0.15, 0.2) is 0 Å². The van der Waals surface area contributed by atoms with Gasteiger partial charge in [-0.3, -0.25) is 4.90 Å². The van der Waals surface area contributed by atoms with Crippen molar-refractivity contribution < 1.29 is 40.6 Å². The van der Waals surface area contributed by atoms with Gasteiger partial charge in [-0.1, -0.05) is 12.1 Å². The number of nitrogens with zero attached hydrogens (tertiary/aromatic N) is 3. The van der Waals surface area contributed by atoms with E-state index in [2.05, 4.69) is 39.7 Å². The van der Waals surface area contributed by atoms with Crippen LogP contribution in [0.25, 0.3) is 0 Å². The van der Waals surface area contributed by atoms with Gasteiger partial charge in [0, 0.05) is 56.8 Å². The highest BCUT2D eigenvalue weighted by molar-refractivity contribution is 5.68. The van der Waals surface area contributed by atoms with Gasteiger partial charge in [-0.15, -0.1) is 0 Å². The van der Waals surface area contributed by atoms with E-state index in [1.54, 1.807) is 0 Å². The minimum Gasteiger partial charge on any atom is -0.426 e. The van der Waals surface area contributed by atoms with E-state index < -0.39 is 24.5 Å². The summed E-state index contributed by atoms with van der Waals surface area (Å²) in [5.41, 5.74) is 3.59. The topological polar surface area (TPSA) is 45.2 Å². The fourth-order valence-electron chi connectivity index (χ4n) is 6.46. The third-order valence-electron chi connectivity index (χ3n) is 8.63. The quantitative estimate of drug-likeness (QED) is 0.495. The summed E-state index contributed by atoms with van der Waals surface area (Å²) in [7, 11) is 0. The molecule has 0 aliphatic carbocycles. The number of carbonyl (C=O) groups is 1. The normalized spacial score (nSPS) is 26.0. The Hall–Kier alpha value is -2.21. The highest BCUT2D eigenvalue weighted by Gasteiger charge is 2.60. The molecule has 0 bridgehead atoms. The second kappa shape index (κ2) is 10.1. The van der Waals surface area contributed by atoms with Gasteiger partial charge in [0.25, 0.3) is 6.10 Å². The lowest BCUT2D eigenvalue weighted by molar-refractivity contribution is -0.308. The van der Waals surface area contributed by atoms with E-state index in [0.717, 1.165) is 57.3 Å². The number of halogens is 6. The molecular formula is C26H33F6N3O3. The van der Waals surface area contributed by atoms with Gasteiger partial charge < -0.3 is 19.3 Å². The molecule has 5 rings (SSSR count). The number of alkyl halides is 6. The Labute approximate surface area is 217 Å². The van der Waals surface area contributed by atoms with E-state index >= 15 is 0 Å². The fraction of sp³-hybridized carbons (Fsp3) is 0.731. The first-order chi connectivity index (χ1) is 17.8. The van der Waals surface area contributed by atoms with Crippen LogP contribution in [0.4, 0.5) is 36.8 Å². The highest BCUT2D eigenvalue weighted by Crippen LogP contribution is 2.43. The predicted octanol–water partition coefficient (Wildman–Crippen LogP) is 5.00. The van der Waals surface area contributed by atoms with Crippen LogP contribution in [0.5, 0.6) is 0 Å². The van der Waals surface area contributed by atoms with Gasteiger partial charge in [0.2, 0.25) is 0 Å². The number of carbonyl (C=O) groups excluding carboxylic acids is 1. The van der Waals surface area contributed by atoms with Crippen LogP contribution in [0.1, 0.15) is 30.4 Å². The number of benzene rings is 1. The van der Waals surface area contributed by atoms with E-state index in [9.17, 15) is 31.1 Å². The summed E-state index contributed by atoms with van der Waals surface area (Å²) in [6, 6.07) is 6.53. The smallest absolute Gasteiger partial charge is 0.426 e. The molecule has 0 saturated carbocycles. The molecule has 4 fully saturated rings. The zero-order valence-electron chi connectivity index (χ0n) is 21.3. The third kappa shape index (κ3) is 5.71. The Bertz CT molecular complexity index is 998. The number of ether oxygens (including phenoxy) is 2. The Morgan fingerprint density at radius 3 is 2.24 bits per heavy atom. The zero-order chi connectivity index (χ0) is 27.3. The van der Waals surface area contributed by atoms with Crippen molar-refractivity contribution in [3.8, 4) is 0 Å². The van der Waals surface area contributed by atoms with Crippen molar-refractivity contribution in [2.45, 2.75) is 51.2 Å². The van der Waals surface area contributed by atoms with Gasteiger partial charge in [-0.05, 0) is 55.3 Å². The molecule has 38 heavy (non-hydrogen) atoms. The second-order valence-corrected chi connectivity index (χ2v) is 11.4. The number of rotatable bonds is 4. The van der Waals surface area contributed by atoms with Gasteiger partial charge >= 0.3 is 18.4 Å². The summed E-state index contributed by atoms with van der Waals surface area (Å²) in [4.78, 5) is 17.9. The molecule has 2 unspecified atom stereocenters. The van der Waals surface area contributed by atoms with Crippen molar-refractivity contribution in [2.24, 2.45) is 17.3 Å². The first-order valence-electron chi connectivity index (χ1n) is 13.1. The Morgan fingerprint density at radius 1 is 1.03 bits per heavy atom. The van der Waals surface area contributed by atoms with Crippen LogP contribution in [0.2, 0.25) is 0 Å². The molecule has 0 aromatic heterocycles. The lowest BCUT2D eigenvalue weighted by Gasteiger charge is -2.39. The molecule has 2 atom stereocenters. The standard InChI is InChI=1S/C26H33F6N3O3/c1-17-2-3-18(21(10-17)35-12-19-14-37-15-20(19)13-35)11-33-7-4-24(16-33)5-8-34(9-6-24)23(36)38-22(25(27,28)29)26(30,31)32/h2-3,10,19-20,22H,4-9,11-16H2,1H3. The molecule has 6 nitrogen and oxygen atoms in total. The molecule has 4 heterocycles. The summed E-state index contributed by atoms with van der Waals surface area (Å²) in [5, 5.41) is 0. The predicted molar refractivity (Wildman–Crippen MR) is 127 cm³/mol. The maximum absolute atomic E-state index is 12.8. The molecule has 1 aromatic carbocycles. The van der Waals surface area contributed by atoms with Crippen molar-refractivity contribution in [2.75, 3.05) is 57.4 Å². The minimum atomic E-state index is -5.71. The monoisotopic (exact) mass is 549 g/mol. The number of likely N-dealkylation sites (tertiary alicyclic amines) is 2. The maximum atomic E-state index is 12.8. The van der Waals surface area contributed by atoms with Crippen molar-refractivity contribution in [1.82, 2.24) is 9.80 Å². The SMILES string of the molecule is Cc1ccc(CN2CCC3(CCN(C(=O)OC(C(F)(F)F)C(F)(F)F)CC3)C2)c(N2CC3COCC3C2)c1. The first-order valence-corrected chi connectivity index (χ1v) is 13.1. The van der Waals surface area contributed by atoms with Gasteiger partial charge in [-0.2, -0.15) is 26.3 Å². The molecule has 0 N–H and O–H groups in total. The summed E-state index contributed by atoms with van der Waals surface area (Å²) in [6.45, 7) is 8.22. The van der Waals surface area contributed by atoms with Crippen molar-refractivity contribution in [1.29, 1.82) is 0 Å². The second-order valence-electron chi connectivity index (χ2n) is 11.4. The molecular weight excluding hydrogens is 516 g/mol. The van der Waals surface area contributed by atoms with Crippen molar-refractivity contribution in [3.63, 3.8) is 0 Å². The van der Waals surface area contributed by atoms with Crippen LogP contribution in [-0.2, 0) is 16.0 Å². The van der Waals surface area contributed by atoms with Crippen LogP contribution in [0.3, 0.4) is 0 Å². The summed E-state index contributed by atoms with van der Waals surface area (Å²) >= 11 is 0. The van der Waals surface area contributed by atoms with Crippen LogP contribution in [0.15, 0.2) is 18.2 Å². The number of piperidine rings is 1. The first kappa shape index (κ1) is 27.4. The number of aryl methyl sites for hydroxylation is 1. The Kier molecular flexibility index (Phi) is 7.25. The maximum Gasteiger partial charge on any atom is 0.434 e. The molecule has 12 heteroatoms. The Morgan fingerprint density at radius 2 is 1.63 bits per heavy atom. The van der Waals surface area contributed by atoms with Crippen LogP contribution < -0.4 is 4.90 Å². The lowest BCUT2D eigenvalue weighted by Crippen LogP contribution is -2.50. The zero-order valence-corrected chi connectivity index (χ0v) is 21.3. The van der Waals surface area contributed by atoms with E-state index in [0.29, 0.717) is 24.7 Å². The molecule has 1 spiro atoms. The number of anilines is 1. The summed E-state index contributed by atoms with van der Waals surface area (Å²) in [6.07, 6.45) is -15.2. The lowest BCUT2D eigenvalue weighted by atomic mass is 9.78. The van der Waals surface area contributed by atoms with Crippen LogP contribution >= 0.6 is 0 Å². The highest BCUT2D eigenvalue weighted by atomic mass is 19.4. The van der Waals surface area contributed by atoms with Crippen molar-refractivity contribution >= 4 is 11.8 Å². The summed E-state index contributed by atoms with van der Waals surface area (Å²) < 4.78 is 86.2. The Balaban J connectivity index is 1.17. The van der Waals surface area contributed by atoms with Crippen LogP contribution in [0, 0.1) is 24.2 Å². The van der Waals surface area contributed by atoms with E-state index in [1.165, 1.54) is 16.8 Å². The van der Waals surface area contributed by atoms with Crippen LogP contribution in [-0.4, -0.2) is 86.8 Å². The molecule has 4 aliphatic heterocycles. The molecule has 4 saturated heterocycles. The number of fused-ring (bicyclic) bond motifs is 1. The van der Waals surface area contributed by atoms with E-state index in [-0.39, 0.29) is 18.5 Å². The van der Waals surface area contributed by atoms with Gasteiger partial charge in [0.05, 0.1) is 13.2 Å². The van der Waals surface area contributed by atoms with E-state index in [1.807, 2.05) is 0 Å². The third-order valence-corrected chi connectivity index (χ3v) is 8.63. The minimum absolute atomic E-state index is 0.0729. The number of hydrogen-bond donors (Lipinski definition) is 0. The average molecular weight is 550 g/mol. The molecule has 1 amide bonds. The molecule has 1 aromatic rings. The van der Waals surface area contributed by atoms with Crippen molar-refractivity contribution in [3.05, 3.63) is 29.3 Å². The molecule has 0 radical (unpaired) electrons. The summed E-state index contributed by atoms with van der Waals surface area (Å²) in [5.74, 6) is 1.13. The van der Waals surface area contributed by atoms with E-state index in [4.69, 9.17) is 4.74 Å². The van der Waals surface area contributed by atoms with Gasteiger partial charge in [0.1, 0.15) is 0 Å².